The maximum Gasteiger partial charge on any atom is 0.167 e. The minimum absolute atomic E-state index is 0.284. The van der Waals surface area contributed by atoms with Crippen LogP contribution < -0.4 is 15.4 Å². The Morgan fingerprint density at radius 3 is 2.38 bits per heavy atom. The molecule has 0 atom stereocenters. The fourth-order valence-corrected chi connectivity index (χ4v) is 2.10. The van der Waals surface area contributed by atoms with E-state index in [1.54, 1.807) is 6.07 Å². The number of nitrogen functional groups attached to an aromatic ring is 1. The number of rotatable bonds is 9. The first-order valence-corrected chi connectivity index (χ1v) is 7.61. The van der Waals surface area contributed by atoms with Crippen LogP contribution in [0, 0.1) is 5.82 Å². The van der Waals surface area contributed by atoms with Crippen molar-refractivity contribution in [3.05, 3.63) is 17.9 Å². The topological polar surface area (TPSA) is 41.7 Å². The van der Waals surface area contributed by atoms with Crippen LogP contribution in [0.4, 0.5) is 15.8 Å². The number of nitrogens with two attached hydrogens (primary N) is 1. The van der Waals surface area contributed by atoms with Gasteiger partial charge in [0.15, 0.2) is 11.6 Å². The predicted octanol–water partition coefficient (Wildman–Crippen LogP) is 2.97. The zero-order valence-electron chi connectivity index (χ0n) is 13.7. The fourth-order valence-electron chi connectivity index (χ4n) is 2.10. The molecule has 1 aromatic rings. The molecule has 0 saturated carbocycles. The maximum atomic E-state index is 13.9. The van der Waals surface area contributed by atoms with Gasteiger partial charge in [0.2, 0.25) is 0 Å². The Hall–Kier alpha value is -1.49. The molecule has 5 heteroatoms. The number of ether oxygens (including phenoxy) is 1. The lowest BCUT2D eigenvalue weighted by Gasteiger charge is -2.27. The molecule has 0 heterocycles. The molecule has 0 bridgehead atoms. The SMILES string of the molecule is CCCOc1cc(N(CCC)CCN(C)C)c(N)cc1F. The highest BCUT2D eigenvalue weighted by atomic mass is 19.1. The summed E-state index contributed by atoms with van der Waals surface area (Å²) in [6.07, 6.45) is 1.86. The van der Waals surface area contributed by atoms with E-state index in [0.717, 1.165) is 38.2 Å². The summed E-state index contributed by atoms with van der Waals surface area (Å²) in [6.45, 7) is 7.28. The molecular weight excluding hydrogens is 269 g/mol. The third-order valence-electron chi connectivity index (χ3n) is 3.19. The van der Waals surface area contributed by atoms with Crippen molar-refractivity contribution in [3.8, 4) is 5.75 Å². The van der Waals surface area contributed by atoms with Crippen LogP contribution in [0.2, 0.25) is 0 Å². The van der Waals surface area contributed by atoms with Gasteiger partial charge in [0.1, 0.15) is 0 Å². The van der Waals surface area contributed by atoms with Gasteiger partial charge >= 0.3 is 0 Å². The highest BCUT2D eigenvalue weighted by Gasteiger charge is 2.14. The van der Waals surface area contributed by atoms with E-state index in [0.29, 0.717) is 12.3 Å². The fraction of sp³-hybridized carbons (Fsp3) is 0.625. The molecule has 0 amide bonds. The first-order valence-electron chi connectivity index (χ1n) is 7.61. The summed E-state index contributed by atoms with van der Waals surface area (Å²) in [5.41, 5.74) is 7.32. The van der Waals surface area contributed by atoms with E-state index < -0.39 is 5.82 Å². The number of hydrogen-bond acceptors (Lipinski definition) is 4. The van der Waals surface area contributed by atoms with Gasteiger partial charge in [0.25, 0.3) is 0 Å². The molecule has 0 spiro atoms. The van der Waals surface area contributed by atoms with Gasteiger partial charge in [-0.3, -0.25) is 0 Å². The van der Waals surface area contributed by atoms with E-state index in [1.807, 2.05) is 21.0 Å². The average Bonchev–Trinajstić information content (AvgIpc) is 2.43. The number of nitrogens with zero attached hydrogens (tertiary/aromatic N) is 2. The van der Waals surface area contributed by atoms with Gasteiger partial charge in [-0.1, -0.05) is 13.8 Å². The van der Waals surface area contributed by atoms with Crippen LogP contribution in [-0.2, 0) is 0 Å². The maximum absolute atomic E-state index is 13.9. The van der Waals surface area contributed by atoms with E-state index in [4.69, 9.17) is 10.5 Å². The summed E-state index contributed by atoms with van der Waals surface area (Å²) in [7, 11) is 4.07. The van der Waals surface area contributed by atoms with Crippen LogP contribution >= 0.6 is 0 Å². The van der Waals surface area contributed by atoms with Crippen molar-refractivity contribution in [2.45, 2.75) is 26.7 Å². The van der Waals surface area contributed by atoms with E-state index in [-0.39, 0.29) is 5.75 Å². The molecular formula is C16H28FN3O. The van der Waals surface area contributed by atoms with Crippen LogP contribution in [0.3, 0.4) is 0 Å². The third kappa shape index (κ3) is 5.42. The number of likely N-dealkylation sites (N-methyl/N-ethyl adjacent to an activating group) is 1. The number of hydrogen-bond donors (Lipinski definition) is 1. The smallest absolute Gasteiger partial charge is 0.167 e. The lowest BCUT2D eigenvalue weighted by atomic mass is 10.2. The summed E-state index contributed by atoms with van der Waals surface area (Å²) in [4.78, 5) is 4.31. The minimum Gasteiger partial charge on any atom is -0.490 e. The van der Waals surface area contributed by atoms with Gasteiger partial charge in [-0.25, -0.2) is 4.39 Å². The lowest BCUT2D eigenvalue weighted by Crippen LogP contribution is -2.32. The monoisotopic (exact) mass is 297 g/mol. The van der Waals surface area contributed by atoms with Gasteiger partial charge in [0, 0.05) is 31.8 Å². The molecule has 0 aliphatic carbocycles. The van der Waals surface area contributed by atoms with Crippen LogP contribution in [0.1, 0.15) is 26.7 Å². The van der Waals surface area contributed by atoms with Crippen LogP contribution in [0.25, 0.3) is 0 Å². The number of anilines is 2. The van der Waals surface area contributed by atoms with E-state index in [9.17, 15) is 4.39 Å². The minimum atomic E-state index is -0.395. The molecule has 0 aliphatic rings. The average molecular weight is 297 g/mol. The molecule has 0 fully saturated rings. The van der Waals surface area contributed by atoms with Crippen molar-refractivity contribution in [1.82, 2.24) is 4.90 Å². The number of halogens is 1. The second-order valence-corrected chi connectivity index (χ2v) is 5.48. The first-order chi connectivity index (χ1) is 9.99. The Morgan fingerprint density at radius 1 is 1.10 bits per heavy atom. The summed E-state index contributed by atoms with van der Waals surface area (Å²) in [5.74, 6) is -0.110. The Kier molecular flexibility index (Phi) is 7.29. The molecule has 4 nitrogen and oxygen atoms in total. The van der Waals surface area contributed by atoms with Gasteiger partial charge in [-0.05, 0) is 26.9 Å². The molecule has 1 rings (SSSR count). The largest absolute Gasteiger partial charge is 0.490 e. The number of benzene rings is 1. The highest BCUT2D eigenvalue weighted by Crippen LogP contribution is 2.31. The molecule has 1 aromatic carbocycles. The molecule has 120 valence electrons. The zero-order valence-corrected chi connectivity index (χ0v) is 13.7. The second-order valence-electron chi connectivity index (χ2n) is 5.48. The standard InChI is InChI=1S/C16H28FN3O/c1-5-7-20(9-8-19(3)4)15-12-16(21-10-6-2)13(17)11-14(15)18/h11-12H,5-10,18H2,1-4H3. The second kappa shape index (κ2) is 8.72. The van der Waals surface area contributed by atoms with Crippen molar-refractivity contribution in [2.75, 3.05) is 51.0 Å². The van der Waals surface area contributed by atoms with Gasteiger partial charge < -0.3 is 20.3 Å². The molecule has 0 saturated heterocycles. The summed E-state index contributed by atoms with van der Waals surface area (Å²) >= 11 is 0. The summed E-state index contributed by atoms with van der Waals surface area (Å²) in [6, 6.07) is 3.09. The summed E-state index contributed by atoms with van der Waals surface area (Å²) in [5, 5.41) is 0. The quantitative estimate of drug-likeness (QED) is 0.712. The van der Waals surface area contributed by atoms with Crippen molar-refractivity contribution in [3.63, 3.8) is 0 Å². The molecule has 0 unspecified atom stereocenters. The van der Waals surface area contributed by atoms with Crippen LogP contribution in [0.5, 0.6) is 5.75 Å². The van der Waals surface area contributed by atoms with E-state index in [1.165, 1.54) is 6.07 Å². The molecule has 0 aromatic heterocycles. The molecule has 0 aliphatic heterocycles. The van der Waals surface area contributed by atoms with Crippen molar-refractivity contribution >= 4 is 11.4 Å². The third-order valence-corrected chi connectivity index (χ3v) is 3.19. The predicted molar refractivity (Wildman–Crippen MR) is 87.7 cm³/mol. The molecule has 0 radical (unpaired) electrons. The van der Waals surface area contributed by atoms with Gasteiger partial charge in [-0.15, -0.1) is 0 Å². The van der Waals surface area contributed by atoms with Crippen molar-refractivity contribution in [2.24, 2.45) is 0 Å². The Morgan fingerprint density at radius 2 is 1.81 bits per heavy atom. The first kappa shape index (κ1) is 17.6. The Balaban J connectivity index is 2.99. The Labute approximate surface area is 127 Å². The normalized spacial score (nSPS) is 11.0. The Bertz CT molecular complexity index is 438. The van der Waals surface area contributed by atoms with E-state index in [2.05, 4.69) is 16.7 Å². The van der Waals surface area contributed by atoms with Crippen molar-refractivity contribution < 1.29 is 9.13 Å². The van der Waals surface area contributed by atoms with Crippen molar-refractivity contribution in [1.29, 1.82) is 0 Å². The molecule has 21 heavy (non-hydrogen) atoms. The van der Waals surface area contributed by atoms with Crippen LogP contribution in [0.15, 0.2) is 12.1 Å². The van der Waals surface area contributed by atoms with E-state index >= 15 is 0 Å². The van der Waals surface area contributed by atoms with Gasteiger partial charge in [0.05, 0.1) is 18.0 Å². The summed E-state index contributed by atoms with van der Waals surface area (Å²) < 4.78 is 19.4. The molecule has 2 N–H and O–H groups in total. The van der Waals surface area contributed by atoms with Gasteiger partial charge in [-0.2, -0.15) is 0 Å². The lowest BCUT2D eigenvalue weighted by molar-refractivity contribution is 0.301. The zero-order chi connectivity index (χ0) is 15.8. The highest BCUT2D eigenvalue weighted by molar-refractivity contribution is 5.70. The van der Waals surface area contributed by atoms with Crippen LogP contribution in [-0.4, -0.2) is 45.2 Å².